The molecular weight excluding hydrogens is 479 g/mol. The van der Waals surface area contributed by atoms with Gasteiger partial charge in [0.2, 0.25) is 0 Å². The van der Waals surface area contributed by atoms with Crippen LogP contribution in [-0.4, -0.2) is 25.8 Å². The molecule has 0 aromatic heterocycles. The normalized spacial score (nSPS) is 21.6. The third kappa shape index (κ3) is 3.87. The fourth-order valence-corrected chi connectivity index (χ4v) is 6.11. The Kier molecular flexibility index (Phi) is 6.90. The summed E-state index contributed by atoms with van der Waals surface area (Å²) in [6, 6.07) is -0.495. The molecule has 2 aliphatic rings. The lowest BCUT2D eigenvalue weighted by Crippen LogP contribution is -3.16. The first-order valence-corrected chi connectivity index (χ1v) is 11.2. The molecule has 186 valence electrons. The maximum atomic E-state index is 14.9. The number of hydrogen-bond donors (Lipinski definition) is 1. The highest BCUT2D eigenvalue weighted by atomic mass is 19.2. The number of rotatable bonds is 4. The number of quaternary nitrogens is 1. The zero-order valence-electron chi connectivity index (χ0n) is 17.8. The molecule has 2 atom stereocenters. The SMILES string of the molecule is Fc1c(F)c(F)c([BH-](c2c(F)c(F)c(F)c(F)c2F)C2CCCC2[NH+]2CCCCC2)c(F)c1F. The van der Waals surface area contributed by atoms with Gasteiger partial charge in [0.25, 0.3) is 0 Å². The van der Waals surface area contributed by atoms with Crippen LogP contribution < -0.4 is 15.8 Å². The van der Waals surface area contributed by atoms with Crippen molar-refractivity contribution in [2.45, 2.75) is 50.4 Å². The average molecular weight is 499 g/mol. The summed E-state index contributed by atoms with van der Waals surface area (Å²) < 4.78 is 143. The molecule has 2 aromatic rings. The summed E-state index contributed by atoms with van der Waals surface area (Å²) in [4.78, 5) is 0.930. The second-order valence-corrected chi connectivity index (χ2v) is 9.20. The molecule has 2 unspecified atom stereocenters. The minimum Gasteiger partial charge on any atom is -0.335 e. The molecule has 0 amide bonds. The average Bonchev–Trinajstić information content (AvgIpc) is 3.33. The van der Waals surface area contributed by atoms with E-state index < -0.39 is 87.7 Å². The fraction of sp³-hybridized carbons (Fsp3) is 0.455. The van der Waals surface area contributed by atoms with E-state index in [4.69, 9.17) is 0 Å². The van der Waals surface area contributed by atoms with Crippen LogP contribution in [0.2, 0.25) is 5.82 Å². The summed E-state index contributed by atoms with van der Waals surface area (Å²) in [5.41, 5.74) is -3.01. The van der Waals surface area contributed by atoms with Crippen molar-refractivity contribution in [2.24, 2.45) is 0 Å². The van der Waals surface area contributed by atoms with E-state index in [9.17, 15) is 43.9 Å². The van der Waals surface area contributed by atoms with Crippen molar-refractivity contribution in [1.82, 2.24) is 0 Å². The van der Waals surface area contributed by atoms with Gasteiger partial charge in [-0.3, -0.25) is 0 Å². The third-order valence-corrected chi connectivity index (χ3v) is 7.57. The second kappa shape index (κ2) is 9.43. The monoisotopic (exact) mass is 499 g/mol. The lowest BCUT2D eigenvalue weighted by molar-refractivity contribution is -0.929. The van der Waals surface area contributed by atoms with E-state index in [0.717, 1.165) is 24.2 Å². The Balaban J connectivity index is 2.00. The van der Waals surface area contributed by atoms with Gasteiger partial charge in [-0.1, -0.05) is 12.8 Å². The highest BCUT2D eigenvalue weighted by Crippen LogP contribution is 2.35. The molecule has 1 saturated heterocycles. The zero-order valence-corrected chi connectivity index (χ0v) is 17.8. The van der Waals surface area contributed by atoms with E-state index in [2.05, 4.69) is 0 Å². The van der Waals surface area contributed by atoms with E-state index in [0.29, 0.717) is 25.9 Å². The van der Waals surface area contributed by atoms with Crippen LogP contribution in [0.3, 0.4) is 0 Å². The standard InChI is InChI=1S/C22H19BF10N/c24-13-11(14(25)18(29)21(32)17(13)28)23(12-15(26)19(30)22(33)20(31)16(12)27)9-5-4-6-10(9)34-7-2-1-3-8-34/h9-10,23H,1-8H2/q-1/p+1. The van der Waals surface area contributed by atoms with Crippen LogP contribution in [-0.2, 0) is 0 Å². The van der Waals surface area contributed by atoms with Crippen molar-refractivity contribution in [3.8, 4) is 0 Å². The van der Waals surface area contributed by atoms with Gasteiger partial charge in [-0.2, -0.15) is 0 Å². The van der Waals surface area contributed by atoms with Gasteiger partial charge >= 0.3 is 0 Å². The highest BCUT2D eigenvalue weighted by molar-refractivity contribution is 6.86. The van der Waals surface area contributed by atoms with Gasteiger partial charge in [0, 0.05) is 0 Å². The van der Waals surface area contributed by atoms with Crippen molar-refractivity contribution in [3.05, 3.63) is 58.2 Å². The molecule has 12 heteroatoms. The fourth-order valence-electron chi connectivity index (χ4n) is 6.11. The Bertz CT molecular complexity index is 990. The van der Waals surface area contributed by atoms with Gasteiger partial charge in [0.05, 0.1) is 25.8 Å². The first kappa shape index (κ1) is 24.9. The van der Waals surface area contributed by atoms with Crippen molar-refractivity contribution in [3.63, 3.8) is 0 Å². The molecule has 1 heterocycles. The van der Waals surface area contributed by atoms with E-state index in [1.165, 1.54) is 0 Å². The third-order valence-electron chi connectivity index (χ3n) is 7.57. The summed E-state index contributed by atoms with van der Waals surface area (Å²) in [5, 5.41) is 0. The molecule has 34 heavy (non-hydrogen) atoms. The quantitative estimate of drug-likeness (QED) is 0.285. The van der Waals surface area contributed by atoms with Gasteiger partial charge in [-0.15, -0.1) is 16.7 Å². The van der Waals surface area contributed by atoms with E-state index in [-0.39, 0.29) is 6.42 Å². The van der Waals surface area contributed by atoms with Crippen molar-refractivity contribution in [1.29, 1.82) is 0 Å². The highest BCUT2D eigenvalue weighted by Gasteiger charge is 2.43. The number of hydrogen-bond acceptors (Lipinski definition) is 0. The molecule has 2 aromatic carbocycles. The van der Waals surface area contributed by atoms with Crippen molar-refractivity contribution in [2.75, 3.05) is 13.1 Å². The molecule has 0 bridgehead atoms. The second-order valence-electron chi connectivity index (χ2n) is 9.20. The molecule has 1 nitrogen and oxygen atoms in total. The van der Waals surface area contributed by atoms with E-state index in [1.54, 1.807) is 0 Å². The Morgan fingerprint density at radius 2 is 0.853 bits per heavy atom. The van der Waals surface area contributed by atoms with Gasteiger partial charge in [-0.05, 0) is 25.7 Å². The van der Waals surface area contributed by atoms with Crippen LogP contribution in [0, 0.1) is 58.2 Å². The topological polar surface area (TPSA) is 4.44 Å². The molecular formula is C22H20BF10N. The largest absolute Gasteiger partial charge is 0.335 e. The maximum absolute atomic E-state index is 14.9. The molecule has 2 fully saturated rings. The first-order valence-electron chi connectivity index (χ1n) is 11.2. The van der Waals surface area contributed by atoms with Crippen LogP contribution in [0.25, 0.3) is 0 Å². The summed E-state index contributed by atoms with van der Waals surface area (Å²) in [7, 11) is 0. The zero-order chi connectivity index (χ0) is 24.9. The smallest absolute Gasteiger partial charge is 0.200 e. The molecule has 1 aliphatic heterocycles. The Hall–Kier alpha value is -2.24. The van der Waals surface area contributed by atoms with Crippen LogP contribution >= 0.6 is 0 Å². The molecule has 1 N–H and O–H groups in total. The summed E-state index contributed by atoms with van der Waals surface area (Å²) >= 11 is 0. The first-order chi connectivity index (χ1) is 16.1. The molecule has 0 spiro atoms. The molecule has 4 rings (SSSR count). The van der Waals surface area contributed by atoms with Gasteiger partial charge in [0.15, 0.2) is 34.9 Å². The maximum Gasteiger partial charge on any atom is 0.200 e. The Morgan fingerprint density at radius 3 is 1.26 bits per heavy atom. The lowest BCUT2D eigenvalue weighted by atomic mass is 9.32. The Morgan fingerprint density at radius 1 is 0.471 bits per heavy atom. The van der Waals surface area contributed by atoms with Gasteiger partial charge in [0.1, 0.15) is 23.3 Å². The Labute approximate surface area is 188 Å². The lowest BCUT2D eigenvalue weighted by Gasteiger charge is -2.41. The van der Waals surface area contributed by atoms with Crippen molar-refractivity contribution < 1.29 is 48.8 Å². The number of nitrogens with one attached hydrogen (secondary N) is 1. The van der Waals surface area contributed by atoms with Crippen LogP contribution in [0.5, 0.6) is 0 Å². The predicted molar refractivity (Wildman–Crippen MR) is 105 cm³/mol. The van der Waals surface area contributed by atoms with Crippen LogP contribution in [0.1, 0.15) is 38.5 Å². The van der Waals surface area contributed by atoms with Crippen LogP contribution in [0.4, 0.5) is 43.9 Å². The number of halogens is 10. The summed E-state index contributed by atoms with van der Waals surface area (Å²) in [6.45, 7) is -2.24. The van der Waals surface area contributed by atoms with E-state index >= 15 is 0 Å². The number of likely N-dealkylation sites (tertiary alicyclic amines) is 1. The van der Waals surface area contributed by atoms with Gasteiger partial charge in [-0.25, -0.2) is 43.9 Å². The minimum absolute atomic E-state index is 0.0765. The number of benzene rings is 2. The summed E-state index contributed by atoms with van der Waals surface area (Å²) in [6.07, 6.45) is 3.42. The van der Waals surface area contributed by atoms with E-state index in [1.807, 2.05) is 0 Å². The molecule has 1 saturated carbocycles. The predicted octanol–water partition coefficient (Wildman–Crippen LogP) is 3.41. The summed E-state index contributed by atoms with van der Waals surface area (Å²) in [5.74, 6) is -24.6. The minimum atomic E-state index is -3.47. The van der Waals surface area contributed by atoms with Gasteiger partial charge < -0.3 is 4.90 Å². The van der Waals surface area contributed by atoms with Crippen LogP contribution in [0.15, 0.2) is 0 Å². The molecule has 1 aliphatic carbocycles. The molecule has 0 radical (unpaired) electrons. The van der Waals surface area contributed by atoms with Crippen molar-refractivity contribution >= 4 is 17.6 Å². The number of piperidine rings is 1.